The summed E-state index contributed by atoms with van der Waals surface area (Å²) in [7, 11) is 1.62. The molecule has 0 spiro atoms. The molecule has 0 fully saturated rings. The topological polar surface area (TPSA) is 52.6 Å². The molecule has 0 saturated carbocycles. The summed E-state index contributed by atoms with van der Waals surface area (Å²) in [5.41, 5.74) is 4.88. The summed E-state index contributed by atoms with van der Waals surface area (Å²) in [5.74, 6) is 1.42. The highest BCUT2D eigenvalue weighted by molar-refractivity contribution is 5.97. The van der Waals surface area contributed by atoms with Crippen molar-refractivity contribution < 1.29 is 13.6 Å². The minimum Gasteiger partial charge on any atom is -0.497 e. The van der Waals surface area contributed by atoms with Crippen molar-refractivity contribution in [2.75, 3.05) is 7.11 Å². The molecule has 25 heavy (non-hydrogen) atoms. The molecule has 0 aliphatic heterocycles. The Morgan fingerprint density at radius 1 is 0.840 bits per heavy atom. The number of rotatable bonds is 2. The Morgan fingerprint density at radius 3 is 2.32 bits per heavy atom. The highest BCUT2D eigenvalue weighted by Gasteiger charge is 2.17. The number of ether oxygens (including phenoxy) is 1. The fraction of sp³-hybridized carbons (Fsp3) is 0.190. The third kappa shape index (κ3) is 2.41. The smallest absolute Gasteiger partial charge is 0.336 e. The molecule has 0 N–H and O–H groups in total. The predicted molar refractivity (Wildman–Crippen MR) is 98.5 cm³/mol. The van der Waals surface area contributed by atoms with Crippen LogP contribution in [0.15, 0.2) is 50.0 Å². The van der Waals surface area contributed by atoms with E-state index in [2.05, 4.69) is 0 Å². The zero-order valence-corrected chi connectivity index (χ0v) is 14.6. The van der Waals surface area contributed by atoms with Gasteiger partial charge in [0.05, 0.1) is 7.11 Å². The Bertz CT molecular complexity index is 1180. The van der Waals surface area contributed by atoms with Crippen LogP contribution in [0.5, 0.6) is 5.75 Å². The number of hydrogen-bond donors (Lipinski definition) is 0. The third-order valence-electron chi connectivity index (χ3n) is 4.75. The van der Waals surface area contributed by atoms with Gasteiger partial charge < -0.3 is 13.6 Å². The average molecular weight is 334 g/mol. The first-order valence-electron chi connectivity index (χ1n) is 8.10. The highest BCUT2D eigenvalue weighted by Crippen LogP contribution is 2.37. The van der Waals surface area contributed by atoms with Gasteiger partial charge in [-0.05, 0) is 56.2 Å². The first-order chi connectivity index (χ1) is 12.0. The molecule has 0 aliphatic rings. The summed E-state index contributed by atoms with van der Waals surface area (Å²) in [4.78, 5) is 12.1. The lowest BCUT2D eigenvalue weighted by molar-refractivity contribution is 0.414. The van der Waals surface area contributed by atoms with Crippen molar-refractivity contribution in [1.82, 2.24) is 0 Å². The lowest BCUT2D eigenvalue weighted by Gasteiger charge is -2.07. The standard InChI is InChI=1S/C21H18O4/c1-11-7-16-17(10-20(22)24-18(16)8-12(11)2)21-13(3)15-6-5-14(23-4)9-19(15)25-21/h5-10H,1-4H3. The second kappa shape index (κ2) is 5.52. The van der Waals surface area contributed by atoms with Crippen LogP contribution >= 0.6 is 0 Å². The van der Waals surface area contributed by atoms with Gasteiger partial charge in [-0.2, -0.15) is 0 Å². The lowest BCUT2D eigenvalue weighted by atomic mass is 10.00. The van der Waals surface area contributed by atoms with Crippen molar-refractivity contribution in [3.8, 4) is 17.1 Å². The predicted octanol–water partition coefficient (Wildman–Crippen LogP) is 5.14. The van der Waals surface area contributed by atoms with Gasteiger partial charge in [-0.25, -0.2) is 4.79 Å². The van der Waals surface area contributed by atoms with Gasteiger partial charge in [0.1, 0.15) is 22.7 Å². The van der Waals surface area contributed by atoms with E-state index in [0.29, 0.717) is 11.3 Å². The summed E-state index contributed by atoms with van der Waals surface area (Å²) in [6.45, 7) is 6.04. The molecule has 126 valence electrons. The van der Waals surface area contributed by atoms with E-state index in [9.17, 15) is 4.79 Å². The van der Waals surface area contributed by atoms with E-state index in [1.54, 1.807) is 7.11 Å². The molecule has 2 aromatic heterocycles. The van der Waals surface area contributed by atoms with Gasteiger partial charge in [-0.15, -0.1) is 0 Å². The average Bonchev–Trinajstić information content (AvgIpc) is 2.92. The molecular formula is C21H18O4. The summed E-state index contributed by atoms with van der Waals surface area (Å²) in [5, 5.41) is 1.87. The number of benzene rings is 2. The molecule has 0 saturated heterocycles. The maximum atomic E-state index is 12.1. The molecule has 0 atom stereocenters. The Labute approximate surface area is 144 Å². The van der Waals surface area contributed by atoms with Crippen LogP contribution in [0.25, 0.3) is 33.3 Å². The Balaban J connectivity index is 2.07. The molecule has 2 aromatic carbocycles. The van der Waals surface area contributed by atoms with E-state index in [0.717, 1.165) is 44.4 Å². The largest absolute Gasteiger partial charge is 0.497 e. The number of furan rings is 1. The third-order valence-corrected chi connectivity index (χ3v) is 4.75. The van der Waals surface area contributed by atoms with Gasteiger partial charge >= 0.3 is 5.63 Å². The van der Waals surface area contributed by atoms with E-state index >= 15 is 0 Å². The second-order valence-corrected chi connectivity index (χ2v) is 6.33. The zero-order valence-electron chi connectivity index (χ0n) is 14.6. The van der Waals surface area contributed by atoms with Crippen LogP contribution in [0.1, 0.15) is 16.7 Å². The van der Waals surface area contributed by atoms with Gasteiger partial charge in [0.2, 0.25) is 0 Å². The first-order valence-corrected chi connectivity index (χ1v) is 8.10. The van der Waals surface area contributed by atoms with Crippen LogP contribution in [0.3, 0.4) is 0 Å². The maximum absolute atomic E-state index is 12.1. The van der Waals surface area contributed by atoms with Crippen molar-refractivity contribution in [2.45, 2.75) is 20.8 Å². The first kappa shape index (κ1) is 15.5. The number of hydrogen-bond acceptors (Lipinski definition) is 4. The summed E-state index contributed by atoms with van der Waals surface area (Å²) < 4.78 is 16.8. The van der Waals surface area contributed by atoms with Crippen LogP contribution in [-0.2, 0) is 0 Å². The Hall–Kier alpha value is -3.01. The van der Waals surface area contributed by atoms with Gasteiger partial charge in [0.15, 0.2) is 0 Å². The minimum absolute atomic E-state index is 0.386. The van der Waals surface area contributed by atoms with Crippen molar-refractivity contribution in [3.05, 3.63) is 63.5 Å². The fourth-order valence-corrected chi connectivity index (χ4v) is 3.20. The highest BCUT2D eigenvalue weighted by atomic mass is 16.5. The zero-order chi connectivity index (χ0) is 17.7. The van der Waals surface area contributed by atoms with Crippen LogP contribution in [0.4, 0.5) is 0 Å². The van der Waals surface area contributed by atoms with E-state index in [-0.39, 0.29) is 5.63 Å². The van der Waals surface area contributed by atoms with Crippen LogP contribution in [-0.4, -0.2) is 7.11 Å². The normalized spacial score (nSPS) is 11.4. The fourth-order valence-electron chi connectivity index (χ4n) is 3.20. The number of methoxy groups -OCH3 is 1. The molecule has 0 bridgehead atoms. The molecule has 2 heterocycles. The molecule has 4 nitrogen and oxygen atoms in total. The van der Waals surface area contributed by atoms with Crippen molar-refractivity contribution in [2.24, 2.45) is 0 Å². The van der Waals surface area contributed by atoms with Crippen LogP contribution < -0.4 is 10.4 Å². The van der Waals surface area contributed by atoms with Gasteiger partial charge in [0.25, 0.3) is 0 Å². The van der Waals surface area contributed by atoms with Gasteiger partial charge in [-0.3, -0.25) is 0 Å². The monoisotopic (exact) mass is 334 g/mol. The summed E-state index contributed by atoms with van der Waals surface area (Å²) in [6.07, 6.45) is 0. The number of aryl methyl sites for hydroxylation is 3. The maximum Gasteiger partial charge on any atom is 0.336 e. The van der Waals surface area contributed by atoms with Crippen LogP contribution in [0, 0.1) is 20.8 Å². The second-order valence-electron chi connectivity index (χ2n) is 6.33. The van der Waals surface area contributed by atoms with Gasteiger partial charge in [-0.1, -0.05) is 0 Å². The molecule has 0 radical (unpaired) electrons. The molecule has 0 aliphatic carbocycles. The van der Waals surface area contributed by atoms with Crippen molar-refractivity contribution >= 4 is 21.9 Å². The van der Waals surface area contributed by atoms with E-state index < -0.39 is 0 Å². The molecule has 4 rings (SSSR count). The Morgan fingerprint density at radius 2 is 1.56 bits per heavy atom. The van der Waals surface area contributed by atoms with E-state index in [1.165, 1.54) is 6.07 Å². The van der Waals surface area contributed by atoms with E-state index in [1.807, 2.05) is 51.1 Å². The lowest BCUT2D eigenvalue weighted by Crippen LogP contribution is -1.99. The Kier molecular flexibility index (Phi) is 3.42. The molecule has 4 aromatic rings. The minimum atomic E-state index is -0.386. The quantitative estimate of drug-likeness (QED) is 0.476. The molecule has 4 heteroatoms. The van der Waals surface area contributed by atoms with Crippen molar-refractivity contribution in [3.63, 3.8) is 0 Å². The number of fused-ring (bicyclic) bond motifs is 2. The van der Waals surface area contributed by atoms with Crippen molar-refractivity contribution in [1.29, 1.82) is 0 Å². The summed E-state index contributed by atoms with van der Waals surface area (Å²) >= 11 is 0. The summed E-state index contributed by atoms with van der Waals surface area (Å²) in [6, 6.07) is 11.2. The van der Waals surface area contributed by atoms with Crippen LogP contribution in [0.2, 0.25) is 0 Å². The molecule has 0 amide bonds. The molecular weight excluding hydrogens is 316 g/mol. The SMILES string of the molecule is COc1ccc2c(C)c(-c3cc(=O)oc4cc(C)c(C)cc34)oc2c1. The van der Waals surface area contributed by atoms with E-state index in [4.69, 9.17) is 13.6 Å². The van der Waals surface area contributed by atoms with Gasteiger partial charge in [0, 0.05) is 34.0 Å². The molecule has 0 unspecified atom stereocenters.